The van der Waals surface area contributed by atoms with Gasteiger partial charge < -0.3 is 10.2 Å². The Balaban J connectivity index is 1.61. The summed E-state index contributed by atoms with van der Waals surface area (Å²) in [5.74, 6) is 1.46. The molecule has 1 aromatic carbocycles. The Hall–Kier alpha value is -2.98. The number of benzene rings is 1. The van der Waals surface area contributed by atoms with E-state index in [9.17, 15) is 0 Å². The molecule has 27 heavy (non-hydrogen) atoms. The highest BCUT2D eigenvalue weighted by Crippen LogP contribution is 2.35. The molecule has 0 radical (unpaired) electrons. The Kier molecular flexibility index (Phi) is 4.73. The van der Waals surface area contributed by atoms with Gasteiger partial charge in [-0.05, 0) is 32.3 Å². The van der Waals surface area contributed by atoms with Crippen molar-refractivity contribution in [1.82, 2.24) is 15.0 Å². The van der Waals surface area contributed by atoms with Gasteiger partial charge in [0.05, 0.1) is 12.2 Å². The molecule has 7 heteroatoms. The van der Waals surface area contributed by atoms with Gasteiger partial charge in [-0.15, -0.1) is 0 Å². The zero-order valence-electron chi connectivity index (χ0n) is 15.3. The van der Waals surface area contributed by atoms with Gasteiger partial charge in [0, 0.05) is 18.3 Å². The lowest BCUT2D eigenvalue weighted by Crippen LogP contribution is -2.25. The molecule has 0 amide bonds. The van der Waals surface area contributed by atoms with Crippen LogP contribution in [0.25, 0.3) is 0 Å². The van der Waals surface area contributed by atoms with E-state index in [4.69, 9.17) is 10.2 Å². The largest absolute Gasteiger partial charge is 0.334 e. The first-order valence-corrected chi connectivity index (χ1v) is 9.75. The van der Waals surface area contributed by atoms with Crippen LogP contribution in [0, 0.1) is 25.2 Å². The summed E-state index contributed by atoms with van der Waals surface area (Å²) in [6.07, 6.45) is 5.63. The molecule has 1 aliphatic heterocycles. The van der Waals surface area contributed by atoms with Gasteiger partial charge in [0.15, 0.2) is 5.13 Å². The van der Waals surface area contributed by atoms with Gasteiger partial charge in [-0.2, -0.15) is 10.2 Å². The number of hydrogen-bond donors (Lipinski definition) is 1. The summed E-state index contributed by atoms with van der Waals surface area (Å²) in [6.45, 7) is 5.01. The number of nitriles is 1. The second-order valence-electron chi connectivity index (χ2n) is 6.73. The quantitative estimate of drug-likeness (QED) is 0.722. The average Bonchev–Trinajstić information content (AvgIpc) is 3.33. The molecule has 0 bridgehead atoms. The third kappa shape index (κ3) is 3.62. The molecule has 0 aliphatic carbocycles. The fourth-order valence-corrected chi connectivity index (χ4v) is 3.94. The van der Waals surface area contributed by atoms with Gasteiger partial charge in [0.25, 0.3) is 0 Å². The minimum Gasteiger partial charge on any atom is -0.334 e. The Labute approximate surface area is 162 Å². The van der Waals surface area contributed by atoms with Crippen LogP contribution in [0.5, 0.6) is 0 Å². The topological polar surface area (TPSA) is 77.7 Å². The van der Waals surface area contributed by atoms with E-state index < -0.39 is 0 Å². The Morgan fingerprint density at radius 2 is 2.00 bits per heavy atom. The molecule has 0 saturated carbocycles. The molecule has 0 spiro atoms. The molecular weight excluding hydrogens is 356 g/mol. The van der Waals surface area contributed by atoms with Crippen LogP contribution in [0.4, 0.5) is 16.9 Å². The second kappa shape index (κ2) is 7.33. The van der Waals surface area contributed by atoms with Gasteiger partial charge in [-0.25, -0.2) is 9.97 Å². The predicted molar refractivity (Wildman–Crippen MR) is 107 cm³/mol. The van der Waals surface area contributed by atoms with E-state index in [1.54, 1.807) is 6.20 Å². The fraction of sp³-hybridized carbons (Fsp3) is 0.300. The number of hydrogen-bond acceptors (Lipinski definition) is 7. The number of rotatable bonds is 4. The molecule has 4 rings (SSSR count). The first kappa shape index (κ1) is 17.4. The van der Waals surface area contributed by atoms with Crippen molar-refractivity contribution >= 4 is 28.2 Å². The number of thiazole rings is 1. The molecule has 1 N–H and O–H groups in total. The van der Waals surface area contributed by atoms with E-state index in [0.717, 1.165) is 36.7 Å². The maximum atomic E-state index is 8.97. The van der Waals surface area contributed by atoms with E-state index >= 15 is 0 Å². The number of nitrogens with one attached hydrogen (secondary N) is 1. The van der Waals surface area contributed by atoms with Crippen LogP contribution in [0.1, 0.15) is 40.5 Å². The highest BCUT2D eigenvalue weighted by atomic mass is 32.1. The fourth-order valence-electron chi connectivity index (χ4n) is 3.32. The second-order valence-corrected chi connectivity index (χ2v) is 7.76. The predicted octanol–water partition coefficient (Wildman–Crippen LogP) is 4.51. The van der Waals surface area contributed by atoms with Crippen LogP contribution < -0.4 is 10.2 Å². The molecular formula is C20H20N6S. The summed E-state index contributed by atoms with van der Waals surface area (Å²) in [4.78, 5) is 16.4. The Bertz CT molecular complexity index is 988. The molecule has 1 aliphatic rings. The minimum atomic E-state index is 0.297. The van der Waals surface area contributed by atoms with Crippen molar-refractivity contribution in [3.05, 3.63) is 58.2 Å². The third-order valence-electron chi connectivity index (χ3n) is 4.77. The maximum absolute atomic E-state index is 8.97. The summed E-state index contributed by atoms with van der Waals surface area (Å²) >= 11 is 1.32. The molecule has 3 heterocycles. The molecule has 6 nitrogen and oxygen atoms in total. The summed E-state index contributed by atoms with van der Waals surface area (Å²) in [6, 6.07) is 11.1. The average molecular weight is 376 g/mol. The van der Waals surface area contributed by atoms with E-state index in [2.05, 4.69) is 57.4 Å². The van der Waals surface area contributed by atoms with E-state index in [1.807, 2.05) is 13.1 Å². The van der Waals surface area contributed by atoms with Crippen molar-refractivity contribution in [2.24, 2.45) is 0 Å². The number of aromatic nitrogens is 3. The zero-order chi connectivity index (χ0) is 18.8. The normalized spacial score (nSPS) is 16.3. The van der Waals surface area contributed by atoms with E-state index in [-0.39, 0.29) is 0 Å². The third-order valence-corrected chi connectivity index (χ3v) is 5.59. The monoisotopic (exact) mass is 376 g/mol. The SMILES string of the molecule is Cc1ccc(C2CCCN2c2ncc(C)c(Nc3ncc(C#N)s3)n2)cc1. The highest BCUT2D eigenvalue weighted by Gasteiger charge is 2.28. The lowest BCUT2D eigenvalue weighted by Gasteiger charge is -2.25. The zero-order valence-corrected chi connectivity index (χ0v) is 16.1. The molecule has 1 atom stereocenters. The lowest BCUT2D eigenvalue weighted by atomic mass is 10.0. The smallest absolute Gasteiger partial charge is 0.227 e. The van der Waals surface area contributed by atoms with Gasteiger partial charge in [-0.1, -0.05) is 41.2 Å². The minimum absolute atomic E-state index is 0.297. The number of nitrogens with zero attached hydrogens (tertiary/aromatic N) is 5. The van der Waals surface area contributed by atoms with Crippen molar-refractivity contribution in [3.8, 4) is 6.07 Å². The van der Waals surface area contributed by atoms with Crippen LogP contribution in [-0.4, -0.2) is 21.5 Å². The molecule has 1 saturated heterocycles. The van der Waals surface area contributed by atoms with Crippen molar-refractivity contribution < 1.29 is 0 Å². The van der Waals surface area contributed by atoms with Gasteiger partial charge in [0.1, 0.15) is 16.8 Å². The first-order chi connectivity index (χ1) is 13.1. The lowest BCUT2D eigenvalue weighted by molar-refractivity contribution is 0.701. The number of anilines is 3. The van der Waals surface area contributed by atoms with Crippen molar-refractivity contribution in [2.45, 2.75) is 32.7 Å². The van der Waals surface area contributed by atoms with Crippen LogP contribution >= 0.6 is 11.3 Å². The molecule has 136 valence electrons. The van der Waals surface area contributed by atoms with Crippen LogP contribution in [-0.2, 0) is 0 Å². The standard InChI is InChI=1S/C20H20N6S/c1-13-5-7-15(8-6-13)17-4-3-9-26(17)19-22-11-14(2)18(24-19)25-20-23-12-16(10-21)27-20/h5-8,11-12,17H,3-4,9H2,1-2H3,(H,22,23,24,25). The van der Waals surface area contributed by atoms with E-state index in [0.29, 0.717) is 16.1 Å². The van der Waals surface area contributed by atoms with Gasteiger partial charge >= 0.3 is 0 Å². The summed E-state index contributed by atoms with van der Waals surface area (Å²) in [5.41, 5.74) is 3.51. The van der Waals surface area contributed by atoms with Crippen LogP contribution in [0.15, 0.2) is 36.7 Å². The molecule has 1 unspecified atom stereocenters. The van der Waals surface area contributed by atoms with E-state index in [1.165, 1.54) is 22.5 Å². The summed E-state index contributed by atoms with van der Waals surface area (Å²) in [7, 11) is 0. The van der Waals surface area contributed by atoms with Crippen molar-refractivity contribution in [2.75, 3.05) is 16.8 Å². The first-order valence-electron chi connectivity index (χ1n) is 8.94. The maximum Gasteiger partial charge on any atom is 0.227 e. The van der Waals surface area contributed by atoms with Crippen molar-refractivity contribution in [1.29, 1.82) is 5.26 Å². The molecule has 2 aromatic heterocycles. The summed E-state index contributed by atoms with van der Waals surface area (Å²) in [5, 5.41) is 12.9. The van der Waals surface area contributed by atoms with Gasteiger partial charge in [0.2, 0.25) is 5.95 Å². The summed E-state index contributed by atoms with van der Waals surface area (Å²) < 4.78 is 0. The van der Waals surface area contributed by atoms with Gasteiger partial charge in [-0.3, -0.25) is 0 Å². The Morgan fingerprint density at radius 3 is 2.74 bits per heavy atom. The van der Waals surface area contributed by atoms with Crippen LogP contribution in [0.2, 0.25) is 0 Å². The molecule has 3 aromatic rings. The molecule has 1 fully saturated rings. The Morgan fingerprint density at radius 1 is 1.19 bits per heavy atom. The van der Waals surface area contributed by atoms with Crippen LogP contribution in [0.3, 0.4) is 0 Å². The number of aryl methyl sites for hydroxylation is 2. The highest BCUT2D eigenvalue weighted by molar-refractivity contribution is 7.16. The van der Waals surface area contributed by atoms with Crippen molar-refractivity contribution in [3.63, 3.8) is 0 Å².